The molecule has 166 valence electrons. The Kier molecular flexibility index (Phi) is 7.12. The highest BCUT2D eigenvalue weighted by atomic mass is 35.5. The van der Waals surface area contributed by atoms with Crippen molar-refractivity contribution < 1.29 is 22.7 Å². The molecule has 2 atom stereocenters. The first kappa shape index (κ1) is 23.0. The number of amides is 1. The van der Waals surface area contributed by atoms with Gasteiger partial charge in [-0.1, -0.05) is 12.1 Å². The Morgan fingerprint density at radius 2 is 1.90 bits per heavy atom. The zero-order valence-corrected chi connectivity index (χ0v) is 17.6. The first-order valence-electron chi connectivity index (χ1n) is 9.73. The lowest BCUT2D eigenvalue weighted by Gasteiger charge is -2.27. The number of piperidine rings is 1. The highest BCUT2D eigenvalue weighted by Gasteiger charge is 2.28. The Morgan fingerprint density at radius 3 is 2.58 bits per heavy atom. The molecule has 2 aromatic carbocycles. The van der Waals surface area contributed by atoms with Crippen LogP contribution in [-0.2, 0) is 6.54 Å². The van der Waals surface area contributed by atoms with Gasteiger partial charge >= 0.3 is 0 Å². The van der Waals surface area contributed by atoms with Crippen molar-refractivity contribution in [3.63, 3.8) is 0 Å². The number of ether oxygens (including phenoxy) is 1. The molecule has 0 spiro atoms. The van der Waals surface area contributed by atoms with Gasteiger partial charge in [0, 0.05) is 19.3 Å². The third kappa shape index (κ3) is 4.65. The van der Waals surface area contributed by atoms with Crippen molar-refractivity contribution in [2.24, 2.45) is 0 Å². The fraction of sp³-hybridized carbons (Fsp3) is 0.318. The minimum absolute atomic E-state index is 0. The Morgan fingerprint density at radius 1 is 1.19 bits per heavy atom. The predicted octanol–water partition coefficient (Wildman–Crippen LogP) is 3.83. The van der Waals surface area contributed by atoms with Gasteiger partial charge in [0.05, 0.1) is 29.6 Å². The molecule has 0 bridgehead atoms. The van der Waals surface area contributed by atoms with E-state index in [1.165, 1.54) is 10.8 Å². The summed E-state index contributed by atoms with van der Waals surface area (Å²) in [6.45, 7) is 0.952. The third-order valence-corrected chi connectivity index (χ3v) is 5.40. The van der Waals surface area contributed by atoms with Gasteiger partial charge in [0.15, 0.2) is 0 Å². The SMILES string of the molecule is COc1ccc(Cn2cc(C(=O)NC3CCNC[C@@H]3F)c3c(F)ccc(F)c32)cc1.Cl. The minimum atomic E-state index is -1.24. The maximum absolute atomic E-state index is 14.6. The third-order valence-electron chi connectivity index (χ3n) is 5.40. The number of methoxy groups -OCH3 is 1. The Labute approximate surface area is 184 Å². The number of benzene rings is 2. The van der Waals surface area contributed by atoms with Gasteiger partial charge in [-0.3, -0.25) is 4.79 Å². The van der Waals surface area contributed by atoms with Crippen LogP contribution in [0.25, 0.3) is 10.9 Å². The first-order valence-corrected chi connectivity index (χ1v) is 9.73. The van der Waals surface area contributed by atoms with Crippen LogP contribution in [0.2, 0.25) is 0 Å². The molecule has 1 fully saturated rings. The van der Waals surface area contributed by atoms with Crippen molar-refractivity contribution in [2.45, 2.75) is 25.2 Å². The van der Waals surface area contributed by atoms with E-state index in [1.54, 1.807) is 19.2 Å². The molecule has 31 heavy (non-hydrogen) atoms. The van der Waals surface area contributed by atoms with E-state index in [2.05, 4.69) is 10.6 Å². The predicted molar refractivity (Wildman–Crippen MR) is 115 cm³/mol. The van der Waals surface area contributed by atoms with Crippen molar-refractivity contribution in [1.82, 2.24) is 15.2 Å². The summed E-state index contributed by atoms with van der Waals surface area (Å²) in [7, 11) is 1.56. The highest BCUT2D eigenvalue weighted by Crippen LogP contribution is 2.28. The van der Waals surface area contributed by atoms with Crippen molar-refractivity contribution in [2.75, 3.05) is 20.2 Å². The smallest absolute Gasteiger partial charge is 0.253 e. The molecule has 2 heterocycles. The van der Waals surface area contributed by atoms with E-state index in [-0.39, 0.29) is 42.0 Å². The summed E-state index contributed by atoms with van der Waals surface area (Å²) >= 11 is 0. The molecule has 0 radical (unpaired) electrons. The molecule has 1 aromatic heterocycles. The van der Waals surface area contributed by atoms with Gasteiger partial charge in [-0.15, -0.1) is 12.4 Å². The van der Waals surface area contributed by atoms with Crippen molar-refractivity contribution in [3.05, 3.63) is 65.4 Å². The Hall–Kier alpha value is -2.71. The molecule has 3 aromatic rings. The molecule has 0 saturated carbocycles. The second-order valence-corrected chi connectivity index (χ2v) is 7.36. The van der Waals surface area contributed by atoms with Crippen LogP contribution in [-0.4, -0.2) is 42.9 Å². The van der Waals surface area contributed by atoms with Crippen molar-refractivity contribution in [1.29, 1.82) is 0 Å². The summed E-state index contributed by atoms with van der Waals surface area (Å²) in [5.41, 5.74) is 0.810. The molecule has 4 rings (SSSR count). The molecule has 1 saturated heterocycles. The van der Waals surface area contributed by atoms with Gasteiger partial charge in [0.2, 0.25) is 0 Å². The highest BCUT2D eigenvalue weighted by molar-refractivity contribution is 6.07. The van der Waals surface area contributed by atoms with E-state index in [4.69, 9.17) is 4.74 Å². The summed E-state index contributed by atoms with van der Waals surface area (Å²) in [5, 5.41) is 5.45. The molecule has 1 amide bonds. The number of hydrogen-bond donors (Lipinski definition) is 2. The van der Waals surface area contributed by atoms with E-state index in [9.17, 15) is 18.0 Å². The summed E-state index contributed by atoms with van der Waals surface area (Å²) < 4.78 is 50.0. The molecule has 1 aliphatic heterocycles. The maximum Gasteiger partial charge on any atom is 0.253 e. The number of alkyl halides is 1. The van der Waals surface area contributed by atoms with Crippen LogP contribution >= 0.6 is 12.4 Å². The van der Waals surface area contributed by atoms with Gasteiger partial charge < -0.3 is 19.9 Å². The van der Waals surface area contributed by atoms with Gasteiger partial charge in [-0.25, -0.2) is 13.2 Å². The minimum Gasteiger partial charge on any atom is -0.497 e. The van der Waals surface area contributed by atoms with E-state index < -0.39 is 29.8 Å². The Bertz CT molecular complexity index is 1070. The lowest BCUT2D eigenvalue weighted by atomic mass is 10.0. The number of nitrogens with zero attached hydrogens (tertiary/aromatic N) is 1. The number of hydrogen-bond acceptors (Lipinski definition) is 3. The summed E-state index contributed by atoms with van der Waals surface area (Å²) in [6.07, 6.45) is 0.607. The van der Waals surface area contributed by atoms with Gasteiger partial charge in [0.1, 0.15) is 23.6 Å². The van der Waals surface area contributed by atoms with Gasteiger partial charge in [0.25, 0.3) is 5.91 Å². The molecular weight excluding hydrogens is 431 g/mol. The van der Waals surface area contributed by atoms with E-state index in [0.29, 0.717) is 18.7 Å². The average molecular weight is 454 g/mol. The van der Waals surface area contributed by atoms with Crippen molar-refractivity contribution >= 4 is 29.2 Å². The second-order valence-electron chi connectivity index (χ2n) is 7.36. The van der Waals surface area contributed by atoms with Crippen LogP contribution in [0.4, 0.5) is 13.2 Å². The molecule has 9 heteroatoms. The molecule has 2 N–H and O–H groups in total. The van der Waals surface area contributed by atoms with E-state index in [0.717, 1.165) is 17.7 Å². The van der Waals surface area contributed by atoms with Crippen LogP contribution in [0.5, 0.6) is 5.75 Å². The van der Waals surface area contributed by atoms with Crippen LogP contribution in [0.3, 0.4) is 0 Å². The average Bonchev–Trinajstić information content (AvgIpc) is 3.13. The second kappa shape index (κ2) is 9.62. The lowest BCUT2D eigenvalue weighted by Crippen LogP contribution is -2.50. The fourth-order valence-electron chi connectivity index (χ4n) is 3.82. The molecule has 5 nitrogen and oxygen atoms in total. The van der Waals surface area contributed by atoms with Gasteiger partial charge in [-0.2, -0.15) is 0 Å². The Balaban J connectivity index is 0.00000272. The molecule has 1 aliphatic rings. The zero-order valence-electron chi connectivity index (χ0n) is 16.8. The first-order chi connectivity index (χ1) is 14.5. The number of fused-ring (bicyclic) bond motifs is 1. The summed E-state index contributed by atoms with van der Waals surface area (Å²) in [4.78, 5) is 12.9. The topological polar surface area (TPSA) is 55.3 Å². The molecule has 1 unspecified atom stereocenters. The maximum atomic E-state index is 14.6. The number of carbonyl (C=O) groups is 1. The normalized spacial score (nSPS) is 18.5. The fourth-order valence-corrected chi connectivity index (χ4v) is 3.82. The summed E-state index contributed by atoms with van der Waals surface area (Å²) in [5.74, 6) is -1.28. The van der Waals surface area contributed by atoms with Crippen LogP contribution in [0.1, 0.15) is 22.3 Å². The largest absolute Gasteiger partial charge is 0.497 e. The standard InChI is InChI=1S/C22H22F3N3O2.ClH/c1-30-14-4-2-13(3-5-14)11-28-12-15(20-16(23)6-7-17(24)21(20)28)22(29)27-19-8-9-26-10-18(19)25;/h2-7,12,18-19,26H,8-11H2,1H3,(H,27,29);1H/t18-,19?;/m0./s1. The van der Waals surface area contributed by atoms with Crippen molar-refractivity contribution in [3.8, 4) is 5.75 Å². The monoisotopic (exact) mass is 453 g/mol. The van der Waals surface area contributed by atoms with E-state index in [1.807, 2.05) is 12.1 Å². The quantitative estimate of drug-likeness (QED) is 0.617. The number of aromatic nitrogens is 1. The zero-order chi connectivity index (χ0) is 21.3. The lowest BCUT2D eigenvalue weighted by molar-refractivity contribution is 0.0893. The number of halogens is 4. The number of rotatable bonds is 5. The number of nitrogens with one attached hydrogen (secondary N) is 2. The molecule has 0 aliphatic carbocycles. The number of carbonyl (C=O) groups excluding carboxylic acids is 1. The van der Waals surface area contributed by atoms with Crippen LogP contribution < -0.4 is 15.4 Å². The van der Waals surface area contributed by atoms with Crippen LogP contribution in [0.15, 0.2) is 42.6 Å². The summed E-state index contributed by atoms with van der Waals surface area (Å²) in [6, 6.07) is 8.52. The molecular formula is C22H23ClF3N3O2. The van der Waals surface area contributed by atoms with Crippen LogP contribution in [0, 0.1) is 11.6 Å². The van der Waals surface area contributed by atoms with E-state index >= 15 is 0 Å². The van der Waals surface area contributed by atoms with Gasteiger partial charge in [-0.05, 0) is 42.8 Å².